The summed E-state index contributed by atoms with van der Waals surface area (Å²) in [5.74, 6) is 0.416. The number of hydrogen-bond donors (Lipinski definition) is 1. The Hall–Kier alpha value is -3.83. The summed E-state index contributed by atoms with van der Waals surface area (Å²) in [6.07, 6.45) is 0. The molecule has 0 atom stereocenters. The molecular weight excluding hydrogens is 392 g/mol. The minimum Gasteiger partial charge on any atom is -0.337 e. The zero-order chi connectivity index (χ0) is 20.2. The van der Waals surface area contributed by atoms with E-state index in [0.29, 0.717) is 33.6 Å². The highest BCUT2D eigenvalue weighted by atomic mass is 32.1. The van der Waals surface area contributed by atoms with Crippen LogP contribution in [-0.2, 0) is 0 Å². The number of aromatic nitrogens is 2. The molecular formula is C25H14N2O2S. The lowest BCUT2D eigenvalue weighted by atomic mass is 9.83. The van der Waals surface area contributed by atoms with E-state index in [2.05, 4.69) is 23.2 Å². The first-order chi connectivity index (χ1) is 14.7. The first-order valence-electron chi connectivity index (χ1n) is 9.57. The molecule has 2 aromatic heterocycles. The van der Waals surface area contributed by atoms with Gasteiger partial charge in [-0.2, -0.15) is 0 Å². The number of H-pyrrole nitrogens is 1. The number of benzene rings is 3. The summed E-state index contributed by atoms with van der Waals surface area (Å²) in [5, 5.41) is 0. The summed E-state index contributed by atoms with van der Waals surface area (Å²) < 4.78 is 0. The molecule has 4 nitrogen and oxygen atoms in total. The first kappa shape index (κ1) is 17.1. The van der Waals surface area contributed by atoms with Gasteiger partial charge in [-0.15, -0.1) is 11.3 Å². The fraction of sp³-hybridized carbons (Fsp3) is 0. The minimum atomic E-state index is -0.153. The van der Waals surface area contributed by atoms with Crippen molar-refractivity contribution >= 4 is 33.9 Å². The van der Waals surface area contributed by atoms with Crippen LogP contribution >= 0.6 is 11.3 Å². The molecule has 5 heteroatoms. The lowest BCUT2D eigenvalue weighted by Crippen LogP contribution is -2.21. The van der Waals surface area contributed by atoms with E-state index in [0.717, 1.165) is 20.8 Å². The largest absolute Gasteiger partial charge is 0.337 e. The molecule has 6 rings (SSSR count). The Bertz CT molecular complexity index is 1480. The van der Waals surface area contributed by atoms with Crippen LogP contribution < -0.4 is 0 Å². The number of nitrogens with one attached hydrogen (secondary N) is 1. The summed E-state index contributed by atoms with van der Waals surface area (Å²) in [4.78, 5) is 36.3. The normalized spacial score (nSPS) is 12.8. The molecule has 1 N–H and O–H groups in total. The van der Waals surface area contributed by atoms with Crippen molar-refractivity contribution in [3.05, 3.63) is 101 Å². The molecule has 0 spiro atoms. The number of hydrogen-bond acceptors (Lipinski definition) is 4. The molecule has 0 unspecified atom stereocenters. The van der Waals surface area contributed by atoms with Crippen molar-refractivity contribution < 1.29 is 9.59 Å². The fourth-order valence-corrected chi connectivity index (χ4v) is 4.95. The Morgan fingerprint density at radius 3 is 2.17 bits per heavy atom. The molecule has 30 heavy (non-hydrogen) atoms. The molecule has 0 bridgehead atoms. The van der Waals surface area contributed by atoms with Crippen molar-refractivity contribution in [2.45, 2.75) is 0 Å². The smallest absolute Gasteiger partial charge is 0.196 e. The van der Waals surface area contributed by atoms with Gasteiger partial charge in [-0.25, -0.2) is 4.98 Å². The maximum atomic E-state index is 13.2. The fourth-order valence-electron chi connectivity index (χ4n) is 3.99. The summed E-state index contributed by atoms with van der Waals surface area (Å²) in [6.45, 7) is 0. The van der Waals surface area contributed by atoms with Crippen LogP contribution in [0.4, 0.5) is 0 Å². The Morgan fingerprint density at radius 1 is 0.667 bits per heavy atom. The Balaban J connectivity index is 1.50. The molecule has 3 aromatic carbocycles. The molecule has 0 amide bonds. The number of rotatable bonds is 2. The van der Waals surface area contributed by atoms with E-state index < -0.39 is 0 Å². The summed E-state index contributed by atoms with van der Waals surface area (Å²) >= 11 is 1.64. The molecule has 0 fully saturated rings. The van der Waals surface area contributed by atoms with E-state index in [4.69, 9.17) is 4.98 Å². The number of imidazole rings is 1. The number of nitrogens with zero attached hydrogens (tertiary/aromatic N) is 1. The van der Waals surface area contributed by atoms with Crippen LogP contribution in [0.25, 0.3) is 32.2 Å². The van der Waals surface area contributed by atoms with Gasteiger partial charge in [-0.3, -0.25) is 9.59 Å². The average Bonchev–Trinajstić information content (AvgIpc) is 3.45. The van der Waals surface area contributed by atoms with Crippen molar-refractivity contribution in [1.82, 2.24) is 9.97 Å². The van der Waals surface area contributed by atoms with Gasteiger partial charge < -0.3 is 4.98 Å². The van der Waals surface area contributed by atoms with Gasteiger partial charge in [0.25, 0.3) is 0 Å². The van der Waals surface area contributed by atoms with E-state index >= 15 is 0 Å². The second-order valence-corrected chi connectivity index (χ2v) is 8.29. The summed E-state index contributed by atoms with van der Waals surface area (Å²) in [5.41, 5.74) is 4.15. The zero-order valence-corrected chi connectivity index (χ0v) is 16.5. The molecule has 142 valence electrons. The number of fused-ring (bicyclic) bond motifs is 4. The van der Waals surface area contributed by atoms with Crippen molar-refractivity contribution in [2.75, 3.05) is 0 Å². The van der Waals surface area contributed by atoms with Crippen LogP contribution in [0.5, 0.6) is 0 Å². The van der Waals surface area contributed by atoms with Crippen LogP contribution in [-0.4, -0.2) is 21.5 Å². The SMILES string of the molecule is O=C1c2ccccc2C(=O)c2c1ccc1[nH]c(-c3ccc(-c4ccccc4)s3)nc21. The van der Waals surface area contributed by atoms with Crippen LogP contribution in [0, 0.1) is 0 Å². The minimum absolute atomic E-state index is 0.130. The lowest BCUT2D eigenvalue weighted by molar-refractivity contribution is 0.0980. The van der Waals surface area contributed by atoms with Gasteiger partial charge in [0.1, 0.15) is 11.3 Å². The third-order valence-electron chi connectivity index (χ3n) is 5.44. The van der Waals surface area contributed by atoms with E-state index in [1.807, 2.05) is 30.3 Å². The number of ketones is 2. The van der Waals surface area contributed by atoms with Crippen LogP contribution in [0.3, 0.4) is 0 Å². The van der Waals surface area contributed by atoms with Crippen molar-refractivity contribution in [1.29, 1.82) is 0 Å². The topological polar surface area (TPSA) is 62.8 Å². The monoisotopic (exact) mass is 406 g/mol. The molecule has 0 radical (unpaired) electrons. The highest BCUT2D eigenvalue weighted by Gasteiger charge is 2.32. The van der Waals surface area contributed by atoms with Crippen LogP contribution in [0.1, 0.15) is 31.8 Å². The van der Waals surface area contributed by atoms with Gasteiger partial charge in [-0.1, -0.05) is 54.6 Å². The van der Waals surface area contributed by atoms with E-state index in [9.17, 15) is 9.59 Å². The van der Waals surface area contributed by atoms with E-state index in [1.54, 1.807) is 41.7 Å². The molecule has 5 aromatic rings. The lowest BCUT2D eigenvalue weighted by Gasteiger charge is -2.17. The third-order valence-corrected chi connectivity index (χ3v) is 6.58. The highest BCUT2D eigenvalue weighted by Crippen LogP contribution is 2.36. The first-order valence-corrected chi connectivity index (χ1v) is 10.4. The van der Waals surface area contributed by atoms with Gasteiger partial charge in [0, 0.05) is 21.6 Å². The maximum Gasteiger partial charge on any atom is 0.196 e. The molecule has 0 aliphatic heterocycles. The maximum absolute atomic E-state index is 13.2. The number of carbonyl (C=O) groups excluding carboxylic acids is 2. The van der Waals surface area contributed by atoms with Crippen molar-refractivity contribution in [3.8, 4) is 21.1 Å². The van der Waals surface area contributed by atoms with Gasteiger partial charge >= 0.3 is 0 Å². The van der Waals surface area contributed by atoms with Gasteiger partial charge in [-0.05, 0) is 29.8 Å². The quantitative estimate of drug-likeness (QED) is 0.399. The number of aromatic amines is 1. The van der Waals surface area contributed by atoms with E-state index in [1.165, 1.54) is 0 Å². The van der Waals surface area contributed by atoms with Crippen LogP contribution in [0.2, 0.25) is 0 Å². The highest BCUT2D eigenvalue weighted by molar-refractivity contribution is 7.18. The summed E-state index contributed by atoms with van der Waals surface area (Å²) in [6, 6.07) is 24.8. The second kappa shape index (κ2) is 6.34. The molecule has 0 saturated heterocycles. The van der Waals surface area contributed by atoms with Gasteiger partial charge in [0.2, 0.25) is 0 Å². The average molecular weight is 406 g/mol. The van der Waals surface area contributed by atoms with Crippen molar-refractivity contribution in [2.24, 2.45) is 0 Å². The van der Waals surface area contributed by atoms with Gasteiger partial charge in [0.15, 0.2) is 11.6 Å². The standard InChI is InChI=1S/C25H14N2O2S/c28-23-15-8-4-5-9-16(15)24(29)21-17(23)10-11-18-22(21)27-25(26-18)20-13-12-19(30-20)14-6-2-1-3-7-14/h1-13H,(H,26,27). The predicted molar refractivity (Wildman–Crippen MR) is 118 cm³/mol. The van der Waals surface area contributed by atoms with E-state index in [-0.39, 0.29) is 11.6 Å². The molecule has 1 aliphatic rings. The molecule has 2 heterocycles. The number of thiophene rings is 1. The molecule has 0 saturated carbocycles. The Labute approximate surface area is 175 Å². The van der Waals surface area contributed by atoms with Crippen LogP contribution in [0.15, 0.2) is 78.9 Å². The third kappa shape index (κ3) is 2.42. The Morgan fingerprint density at radius 2 is 1.37 bits per heavy atom. The Kier molecular flexibility index (Phi) is 3.60. The number of carbonyl (C=O) groups is 2. The predicted octanol–water partition coefficient (Wildman–Crippen LogP) is 5.73. The zero-order valence-electron chi connectivity index (χ0n) is 15.7. The van der Waals surface area contributed by atoms with Gasteiger partial charge in [0.05, 0.1) is 16.0 Å². The second-order valence-electron chi connectivity index (χ2n) is 7.20. The summed E-state index contributed by atoms with van der Waals surface area (Å²) in [7, 11) is 0. The van der Waals surface area contributed by atoms with Crippen molar-refractivity contribution in [3.63, 3.8) is 0 Å². The molecule has 1 aliphatic carbocycles.